The highest BCUT2D eigenvalue weighted by atomic mass is 19.4. The van der Waals surface area contributed by atoms with E-state index in [-0.39, 0.29) is 19.1 Å². The average Bonchev–Trinajstić information content (AvgIpc) is 3.09. The molecule has 2 heterocycles. The lowest BCUT2D eigenvalue weighted by molar-refractivity contribution is -0.141. The van der Waals surface area contributed by atoms with Crippen molar-refractivity contribution in [3.8, 4) is 11.1 Å². The van der Waals surface area contributed by atoms with Gasteiger partial charge < -0.3 is 15.5 Å². The van der Waals surface area contributed by atoms with Crippen LogP contribution in [0.4, 0.5) is 24.8 Å². The zero-order valence-electron chi connectivity index (χ0n) is 14.9. The fourth-order valence-electron chi connectivity index (χ4n) is 2.61. The first-order valence-corrected chi connectivity index (χ1v) is 8.35. The Hall–Kier alpha value is -2.98. The van der Waals surface area contributed by atoms with Crippen LogP contribution >= 0.6 is 0 Å². The van der Waals surface area contributed by atoms with Gasteiger partial charge in [-0.2, -0.15) is 18.3 Å². The summed E-state index contributed by atoms with van der Waals surface area (Å²) in [6.07, 6.45) is -1.11. The topological polar surface area (TPSA) is 96.1 Å². The van der Waals surface area contributed by atoms with E-state index in [9.17, 15) is 18.3 Å². The summed E-state index contributed by atoms with van der Waals surface area (Å²) in [5, 5.41) is 25.4. The van der Waals surface area contributed by atoms with Gasteiger partial charge in [-0.3, -0.25) is 4.68 Å². The van der Waals surface area contributed by atoms with Crippen molar-refractivity contribution >= 4 is 11.6 Å². The summed E-state index contributed by atoms with van der Waals surface area (Å²) in [5.41, 5.74) is 1.90. The number of aryl methyl sites for hydroxylation is 1. The highest BCUT2D eigenvalue weighted by molar-refractivity contribution is 5.70. The van der Waals surface area contributed by atoms with Crippen molar-refractivity contribution in [2.24, 2.45) is 0 Å². The fourth-order valence-corrected chi connectivity index (χ4v) is 2.61. The average molecular weight is 393 g/mol. The first-order chi connectivity index (χ1) is 13.2. The van der Waals surface area contributed by atoms with E-state index in [1.807, 2.05) is 13.0 Å². The van der Waals surface area contributed by atoms with Crippen LogP contribution in [-0.2, 0) is 12.7 Å². The fraction of sp³-hybridized carbons (Fsp3) is 0.278. The Kier molecular flexibility index (Phi) is 5.61. The van der Waals surface area contributed by atoms with Gasteiger partial charge in [0.25, 0.3) is 0 Å². The zero-order chi connectivity index (χ0) is 20.3. The zero-order valence-corrected chi connectivity index (χ0v) is 14.9. The standard InChI is InChI=1S/C18H18F3N5O2/c1-11-4-12(13-7-23-26(8-13)9-15(28)10-27)6-14(5-11)24-17-22-3-2-16(25-17)18(19,20)21/h2-8,15,27-28H,9-10H2,1H3,(H,22,24,25)/t15-/m1/s1. The summed E-state index contributed by atoms with van der Waals surface area (Å²) in [5.74, 6) is -0.159. The van der Waals surface area contributed by atoms with E-state index >= 15 is 0 Å². The molecule has 1 aromatic carbocycles. The Labute approximate surface area is 158 Å². The van der Waals surface area contributed by atoms with Crippen molar-refractivity contribution in [1.29, 1.82) is 0 Å². The molecule has 0 saturated heterocycles. The lowest BCUT2D eigenvalue weighted by Gasteiger charge is -2.10. The number of anilines is 2. The number of benzene rings is 1. The van der Waals surface area contributed by atoms with Crippen LogP contribution in [0.25, 0.3) is 11.1 Å². The SMILES string of the molecule is Cc1cc(Nc2nccc(C(F)(F)F)n2)cc(-c2cnn(C[C@@H](O)CO)c2)c1. The van der Waals surface area contributed by atoms with Crippen molar-refractivity contribution in [1.82, 2.24) is 19.7 Å². The van der Waals surface area contributed by atoms with Crippen molar-refractivity contribution in [2.45, 2.75) is 25.7 Å². The molecule has 7 nitrogen and oxygen atoms in total. The lowest BCUT2D eigenvalue weighted by Crippen LogP contribution is -2.19. The Balaban J connectivity index is 1.84. The Morgan fingerprint density at radius 1 is 1.21 bits per heavy atom. The quantitative estimate of drug-likeness (QED) is 0.596. The molecule has 0 radical (unpaired) electrons. The lowest BCUT2D eigenvalue weighted by atomic mass is 10.1. The summed E-state index contributed by atoms with van der Waals surface area (Å²) >= 11 is 0. The number of halogens is 3. The van der Waals surface area contributed by atoms with Crippen LogP contribution in [0, 0.1) is 6.92 Å². The Morgan fingerprint density at radius 2 is 2.00 bits per heavy atom. The molecule has 0 amide bonds. The van der Waals surface area contributed by atoms with Gasteiger partial charge in [0.2, 0.25) is 5.95 Å². The summed E-state index contributed by atoms with van der Waals surface area (Å²) in [6.45, 7) is 1.62. The molecule has 28 heavy (non-hydrogen) atoms. The molecule has 0 saturated carbocycles. The molecule has 0 unspecified atom stereocenters. The molecule has 148 valence electrons. The summed E-state index contributed by atoms with van der Waals surface area (Å²) in [4.78, 5) is 7.34. The number of alkyl halides is 3. The second-order valence-corrected chi connectivity index (χ2v) is 6.26. The van der Waals surface area contributed by atoms with Crippen molar-refractivity contribution in [3.63, 3.8) is 0 Å². The van der Waals surface area contributed by atoms with Gasteiger partial charge in [-0.25, -0.2) is 9.97 Å². The normalized spacial score (nSPS) is 12.8. The van der Waals surface area contributed by atoms with Crippen LogP contribution in [0.5, 0.6) is 0 Å². The van der Waals surface area contributed by atoms with Gasteiger partial charge >= 0.3 is 6.18 Å². The first-order valence-electron chi connectivity index (χ1n) is 8.35. The van der Waals surface area contributed by atoms with Crippen LogP contribution in [0.15, 0.2) is 42.9 Å². The Morgan fingerprint density at radius 3 is 2.71 bits per heavy atom. The van der Waals surface area contributed by atoms with E-state index in [2.05, 4.69) is 20.4 Å². The minimum atomic E-state index is -4.55. The van der Waals surface area contributed by atoms with Gasteiger partial charge in [0, 0.05) is 23.6 Å². The monoisotopic (exact) mass is 393 g/mol. The molecule has 0 aliphatic heterocycles. The van der Waals surface area contributed by atoms with Gasteiger partial charge in [-0.05, 0) is 36.2 Å². The maximum absolute atomic E-state index is 12.8. The van der Waals surface area contributed by atoms with Crippen LogP contribution in [-0.4, -0.2) is 42.7 Å². The first kappa shape index (κ1) is 19.8. The molecule has 0 aliphatic carbocycles. The molecule has 0 fully saturated rings. The van der Waals surface area contributed by atoms with E-state index in [1.165, 1.54) is 4.68 Å². The summed E-state index contributed by atoms with van der Waals surface area (Å²) in [7, 11) is 0. The number of hydrogen-bond donors (Lipinski definition) is 3. The molecule has 10 heteroatoms. The van der Waals surface area contributed by atoms with Crippen molar-refractivity contribution in [2.75, 3.05) is 11.9 Å². The van der Waals surface area contributed by atoms with E-state index in [1.54, 1.807) is 24.5 Å². The van der Waals surface area contributed by atoms with E-state index in [0.717, 1.165) is 29.0 Å². The third kappa shape index (κ3) is 4.84. The largest absolute Gasteiger partial charge is 0.433 e. The van der Waals surface area contributed by atoms with Gasteiger partial charge in [0.1, 0.15) is 5.69 Å². The second kappa shape index (κ2) is 7.95. The molecule has 0 aliphatic rings. The molecule has 0 spiro atoms. The number of hydrogen-bond acceptors (Lipinski definition) is 6. The highest BCUT2D eigenvalue weighted by Gasteiger charge is 2.32. The van der Waals surface area contributed by atoms with E-state index < -0.39 is 18.0 Å². The maximum atomic E-state index is 12.8. The number of aliphatic hydroxyl groups excluding tert-OH is 2. The Bertz CT molecular complexity index is 958. The van der Waals surface area contributed by atoms with Crippen molar-refractivity contribution in [3.05, 3.63) is 54.1 Å². The molecule has 0 bridgehead atoms. The summed E-state index contributed by atoms with van der Waals surface area (Å²) < 4.78 is 39.9. The predicted molar refractivity (Wildman–Crippen MR) is 95.8 cm³/mol. The van der Waals surface area contributed by atoms with Gasteiger partial charge in [-0.1, -0.05) is 6.07 Å². The molecular weight excluding hydrogens is 375 g/mol. The highest BCUT2D eigenvalue weighted by Crippen LogP contribution is 2.29. The number of aromatic nitrogens is 4. The molecule has 3 N–H and O–H groups in total. The smallest absolute Gasteiger partial charge is 0.394 e. The molecule has 1 atom stereocenters. The van der Waals surface area contributed by atoms with Crippen molar-refractivity contribution < 1.29 is 23.4 Å². The number of nitrogens with one attached hydrogen (secondary N) is 1. The van der Waals surface area contributed by atoms with Crippen LogP contribution in [0.2, 0.25) is 0 Å². The minimum absolute atomic E-state index is 0.144. The van der Waals surface area contributed by atoms with E-state index in [0.29, 0.717) is 5.69 Å². The molecule has 3 rings (SSSR count). The molecule has 3 aromatic rings. The molecular formula is C18H18F3N5O2. The third-order valence-electron chi connectivity index (χ3n) is 3.85. The second-order valence-electron chi connectivity index (χ2n) is 6.26. The summed E-state index contributed by atoms with van der Waals surface area (Å²) in [6, 6.07) is 6.19. The number of nitrogens with zero attached hydrogens (tertiary/aromatic N) is 4. The number of aliphatic hydroxyl groups is 2. The van der Waals surface area contributed by atoms with Gasteiger partial charge in [0.05, 0.1) is 25.5 Å². The minimum Gasteiger partial charge on any atom is -0.394 e. The van der Waals surface area contributed by atoms with Crippen LogP contribution < -0.4 is 5.32 Å². The molecule has 2 aromatic heterocycles. The third-order valence-corrected chi connectivity index (χ3v) is 3.85. The predicted octanol–water partition coefficient (Wildman–Crippen LogP) is 2.76. The van der Waals surface area contributed by atoms with E-state index in [4.69, 9.17) is 5.11 Å². The maximum Gasteiger partial charge on any atom is 0.433 e. The number of rotatable bonds is 6. The van der Waals surface area contributed by atoms with Gasteiger partial charge in [0.15, 0.2) is 0 Å². The van der Waals surface area contributed by atoms with Gasteiger partial charge in [-0.15, -0.1) is 0 Å². The van der Waals surface area contributed by atoms with Crippen LogP contribution in [0.3, 0.4) is 0 Å². The van der Waals surface area contributed by atoms with Crippen LogP contribution in [0.1, 0.15) is 11.3 Å².